The predicted octanol–water partition coefficient (Wildman–Crippen LogP) is 2.84. The molecule has 25 heavy (non-hydrogen) atoms. The summed E-state index contributed by atoms with van der Waals surface area (Å²) >= 11 is 6.77. The topological polar surface area (TPSA) is 42.0 Å². The third kappa shape index (κ3) is 3.25. The van der Waals surface area contributed by atoms with E-state index in [2.05, 4.69) is 6.08 Å². The van der Waals surface area contributed by atoms with Gasteiger partial charge in [0, 0.05) is 18.7 Å². The first-order valence-electron chi connectivity index (χ1n) is 8.21. The van der Waals surface area contributed by atoms with Crippen LogP contribution in [0.3, 0.4) is 0 Å². The molecule has 1 aromatic rings. The molecule has 2 saturated heterocycles. The van der Waals surface area contributed by atoms with Gasteiger partial charge < -0.3 is 9.47 Å². The Kier molecular flexibility index (Phi) is 4.64. The van der Waals surface area contributed by atoms with Gasteiger partial charge in [-0.25, -0.2) is 10.0 Å². The lowest BCUT2D eigenvalue weighted by Crippen LogP contribution is -2.50. The van der Waals surface area contributed by atoms with Gasteiger partial charge in [-0.3, -0.25) is 4.79 Å². The summed E-state index contributed by atoms with van der Waals surface area (Å²) in [5.41, 5.74) is 2.00. The van der Waals surface area contributed by atoms with Crippen LogP contribution in [0.1, 0.15) is 12.5 Å². The fourth-order valence-electron chi connectivity index (χ4n) is 3.03. The number of rotatable bonds is 2. The molecule has 2 fully saturated rings. The summed E-state index contributed by atoms with van der Waals surface area (Å²) in [5, 5.41) is 3.57. The van der Waals surface area contributed by atoms with E-state index in [1.54, 1.807) is 5.01 Å². The van der Waals surface area contributed by atoms with Crippen LogP contribution in [0.2, 0.25) is 0 Å². The van der Waals surface area contributed by atoms with Gasteiger partial charge in [-0.1, -0.05) is 42.2 Å². The number of thiocarbonyl (C=S) groups is 1. The van der Waals surface area contributed by atoms with Crippen LogP contribution < -0.4 is 4.74 Å². The highest BCUT2D eigenvalue weighted by molar-refractivity contribution is 8.26. The van der Waals surface area contributed by atoms with Gasteiger partial charge in [0.25, 0.3) is 5.91 Å². The van der Waals surface area contributed by atoms with E-state index in [0.717, 1.165) is 16.9 Å². The SMILES string of the molecule is C[C@@H]1Oc2ccccc2C=C1/C=C1/SC(=S)N(N2CCOCC2)C1=O. The molecule has 130 valence electrons. The lowest BCUT2D eigenvalue weighted by Gasteiger charge is -2.33. The van der Waals surface area contributed by atoms with E-state index >= 15 is 0 Å². The Morgan fingerprint density at radius 2 is 2.04 bits per heavy atom. The first kappa shape index (κ1) is 16.8. The minimum atomic E-state index is -0.109. The van der Waals surface area contributed by atoms with Gasteiger partial charge in [-0.2, -0.15) is 0 Å². The Labute approximate surface area is 156 Å². The first-order valence-corrected chi connectivity index (χ1v) is 9.44. The Morgan fingerprint density at radius 1 is 1.28 bits per heavy atom. The van der Waals surface area contributed by atoms with Crippen LogP contribution in [-0.2, 0) is 9.53 Å². The molecule has 5 nitrogen and oxygen atoms in total. The lowest BCUT2D eigenvalue weighted by molar-refractivity contribution is -0.138. The monoisotopic (exact) mass is 374 g/mol. The standard InChI is InChI=1S/C18H18N2O3S2/c1-12-14(10-13-4-2-3-5-15(13)23-12)11-16-17(21)20(18(24)25-16)19-6-8-22-9-7-19/h2-5,10-12H,6-9H2,1H3/b16-11+/t12-/m0/s1. The second-order valence-electron chi connectivity index (χ2n) is 6.00. The summed E-state index contributed by atoms with van der Waals surface area (Å²) in [6, 6.07) is 7.90. The molecule has 0 aromatic heterocycles. The van der Waals surface area contributed by atoms with Crippen molar-refractivity contribution in [3.63, 3.8) is 0 Å². The average molecular weight is 374 g/mol. The number of morpholine rings is 1. The van der Waals surface area contributed by atoms with Gasteiger partial charge in [-0.05, 0) is 30.7 Å². The van der Waals surface area contributed by atoms with Crippen LogP contribution in [0.5, 0.6) is 5.75 Å². The van der Waals surface area contributed by atoms with Crippen molar-refractivity contribution >= 4 is 40.3 Å². The largest absolute Gasteiger partial charge is 0.485 e. The molecule has 0 saturated carbocycles. The number of hydrogen-bond donors (Lipinski definition) is 0. The zero-order valence-corrected chi connectivity index (χ0v) is 15.4. The molecule has 1 atom stereocenters. The second-order valence-corrected chi connectivity index (χ2v) is 7.68. The number of carbonyl (C=O) groups is 1. The van der Waals surface area contributed by atoms with E-state index in [4.69, 9.17) is 21.7 Å². The summed E-state index contributed by atoms with van der Waals surface area (Å²) < 4.78 is 11.9. The maximum absolute atomic E-state index is 12.8. The number of hydrogen-bond acceptors (Lipinski definition) is 6. The molecule has 4 rings (SSSR count). The smallest absolute Gasteiger partial charge is 0.280 e. The number of para-hydroxylation sites is 1. The molecule has 0 radical (unpaired) electrons. The number of carbonyl (C=O) groups excluding carboxylic acids is 1. The summed E-state index contributed by atoms with van der Waals surface area (Å²) in [4.78, 5) is 13.5. The lowest BCUT2D eigenvalue weighted by atomic mass is 10.0. The van der Waals surface area contributed by atoms with Crippen molar-refractivity contribution in [2.45, 2.75) is 13.0 Å². The average Bonchev–Trinajstić information content (AvgIpc) is 2.90. The van der Waals surface area contributed by atoms with Gasteiger partial charge in [-0.15, -0.1) is 0 Å². The molecule has 0 spiro atoms. The van der Waals surface area contributed by atoms with Gasteiger partial charge in [0.2, 0.25) is 0 Å². The van der Waals surface area contributed by atoms with E-state index < -0.39 is 0 Å². The predicted molar refractivity (Wildman–Crippen MR) is 102 cm³/mol. The van der Waals surface area contributed by atoms with E-state index in [1.807, 2.05) is 42.3 Å². The number of amides is 1. The van der Waals surface area contributed by atoms with Gasteiger partial charge in [0.1, 0.15) is 11.9 Å². The number of nitrogens with zero attached hydrogens (tertiary/aromatic N) is 2. The molecule has 3 heterocycles. The molecule has 0 aliphatic carbocycles. The van der Waals surface area contributed by atoms with Crippen LogP contribution in [0, 0.1) is 0 Å². The van der Waals surface area contributed by atoms with Crippen molar-refractivity contribution in [1.29, 1.82) is 0 Å². The van der Waals surface area contributed by atoms with Crippen LogP contribution in [0.25, 0.3) is 6.08 Å². The van der Waals surface area contributed by atoms with Crippen LogP contribution >= 0.6 is 24.0 Å². The summed E-state index contributed by atoms with van der Waals surface area (Å²) in [7, 11) is 0. The Morgan fingerprint density at radius 3 is 2.84 bits per heavy atom. The van der Waals surface area contributed by atoms with E-state index in [-0.39, 0.29) is 12.0 Å². The molecule has 0 bridgehead atoms. The highest BCUT2D eigenvalue weighted by Crippen LogP contribution is 2.36. The van der Waals surface area contributed by atoms with Gasteiger partial charge >= 0.3 is 0 Å². The normalized spacial score (nSPS) is 25.8. The van der Waals surface area contributed by atoms with Gasteiger partial charge in [0.15, 0.2) is 4.32 Å². The van der Waals surface area contributed by atoms with E-state index in [1.165, 1.54) is 11.8 Å². The van der Waals surface area contributed by atoms with Crippen molar-refractivity contribution in [1.82, 2.24) is 10.0 Å². The molecule has 3 aliphatic rings. The van der Waals surface area contributed by atoms with Crippen molar-refractivity contribution in [3.8, 4) is 5.75 Å². The maximum Gasteiger partial charge on any atom is 0.280 e. The molecule has 1 aromatic carbocycles. The molecule has 0 N–H and O–H groups in total. The zero-order chi connectivity index (χ0) is 17.4. The minimum absolute atomic E-state index is 0.0659. The number of hydrazine groups is 1. The molecule has 7 heteroatoms. The summed E-state index contributed by atoms with van der Waals surface area (Å²) in [6.07, 6.45) is 3.87. The summed E-state index contributed by atoms with van der Waals surface area (Å²) in [6.45, 7) is 4.57. The third-order valence-corrected chi connectivity index (χ3v) is 5.64. The fourth-order valence-corrected chi connectivity index (χ4v) is 4.34. The summed E-state index contributed by atoms with van der Waals surface area (Å²) in [5.74, 6) is 0.803. The maximum atomic E-state index is 12.8. The van der Waals surface area contributed by atoms with E-state index in [0.29, 0.717) is 35.5 Å². The molecule has 0 unspecified atom stereocenters. The molecule has 1 amide bonds. The quantitative estimate of drug-likeness (QED) is 0.586. The van der Waals surface area contributed by atoms with Crippen molar-refractivity contribution in [3.05, 3.63) is 46.4 Å². The number of benzene rings is 1. The second kappa shape index (κ2) is 6.92. The molecule has 3 aliphatic heterocycles. The first-order chi connectivity index (χ1) is 12.1. The molecular formula is C18H18N2O3S2. The Balaban J connectivity index is 1.60. The molecular weight excluding hydrogens is 356 g/mol. The number of ether oxygens (including phenoxy) is 2. The Hall–Kier alpha value is -1.67. The van der Waals surface area contributed by atoms with E-state index in [9.17, 15) is 4.79 Å². The number of fused-ring (bicyclic) bond motifs is 1. The highest BCUT2D eigenvalue weighted by Gasteiger charge is 2.37. The number of thioether (sulfide) groups is 1. The van der Waals surface area contributed by atoms with Gasteiger partial charge in [0.05, 0.1) is 18.1 Å². The Bertz CT molecular complexity index is 784. The minimum Gasteiger partial charge on any atom is -0.485 e. The highest BCUT2D eigenvalue weighted by atomic mass is 32.2. The fraction of sp³-hybridized carbons (Fsp3) is 0.333. The third-order valence-electron chi connectivity index (χ3n) is 4.36. The van der Waals surface area contributed by atoms with Crippen LogP contribution in [0.15, 0.2) is 40.8 Å². The van der Waals surface area contributed by atoms with Crippen LogP contribution in [-0.4, -0.2) is 52.7 Å². The van der Waals surface area contributed by atoms with Crippen LogP contribution in [0.4, 0.5) is 0 Å². The van der Waals surface area contributed by atoms with Crippen molar-refractivity contribution < 1.29 is 14.3 Å². The van der Waals surface area contributed by atoms with Crippen molar-refractivity contribution in [2.24, 2.45) is 0 Å². The zero-order valence-electron chi connectivity index (χ0n) is 13.8. The van der Waals surface area contributed by atoms with Crippen molar-refractivity contribution in [2.75, 3.05) is 26.3 Å².